The number of thiophene rings is 1. The van der Waals surface area contributed by atoms with Crippen LogP contribution in [0.25, 0.3) is 20.2 Å². The molecule has 0 saturated carbocycles. The fraction of sp³-hybridized carbons (Fsp3) is 0.392. The predicted octanol–water partition coefficient (Wildman–Crippen LogP) is 21.1. The highest BCUT2D eigenvalue weighted by Crippen LogP contribution is 2.55. The molecular weight excluding hydrogens is 1030 g/mol. The van der Waals surface area contributed by atoms with Gasteiger partial charge in [0.2, 0.25) is 0 Å². The van der Waals surface area contributed by atoms with Gasteiger partial charge in [0.15, 0.2) is 0 Å². The van der Waals surface area contributed by atoms with Crippen LogP contribution in [0.2, 0.25) is 0 Å². The van der Waals surface area contributed by atoms with Gasteiger partial charge in [-0.25, -0.2) is 0 Å². The number of hydrogen-bond donors (Lipinski definition) is 0. The molecule has 5 heteroatoms. The minimum atomic E-state index is -0.210. The van der Waals surface area contributed by atoms with E-state index in [0.29, 0.717) is 0 Å². The smallest absolute Gasteiger partial charge is 0.252 e. The number of fused-ring (bicyclic) bond motifs is 9. The second-order valence-corrected chi connectivity index (χ2v) is 32.9. The molecule has 0 bridgehead atoms. The third-order valence-corrected chi connectivity index (χ3v) is 21.8. The summed E-state index contributed by atoms with van der Waals surface area (Å²) in [6, 6.07) is 54.0. The van der Waals surface area contributed by atoms with Gasteiger partial charge in [0.1, 0.15) is 0 Å². The highest BCUT2D eigenvalue weighted by atomic mass is 32.1. The first-order valence-corrected chi connectivity index (χ1v) is 32.3. The van der Waals surface area contributed by atoms with E-state index in [1.165, 1.54) is 151 Å². The molecular formula is C79H90BN3S. The molecule has 0 N–H and O–H groups in total. The summed E-state index contributed by atoms with van der Waals surface area (Å²) in [7, 11) is 0. The van der Waals surface area contributed by atoms with Gasteiger partial charge in [0, 0.05) is 65.7 Å². The lowest BCUT2D eigenvalue weighted by Gasteiger charge is -2.48. The highest BCUT2D eigenvalue weighted by Gasteiger charge is 2.48. The van der Waals surface area contributed by atoms with Crippen LogP contribution in [0.15, 0.2) is 133 Å². The zero-order valence-corrected chi connectivity index (χ0v) is 55.2. The Morgan fingerprint density at radius 2 is 0.976 bits per heavy atom. The topological polar surface area (TPSA) is 9.72 Å². The molecule has 8 aromatic carbocycles. The van der Waals surface area contributed by atoms with E-state index in [9.17, 15) is 0 Å². The van der Waals surface area contributed by atoms with E-state index in [1.54, 1.807) is 0 Å². The quantitative estimate of drug-likeness (QED) is 0.159. The third kappa shape index (κ3) is 8.84. The van der Waals surface area contributed by atoms with Crippen molar-refractivity contribution in [3.63, 3.8) is 0 Å². The lowest BCUT2D eigenvalue weighted by molar-refractivity contribution is 0.332. The number of rotatable bonds is 5. The van der Waals surface area contributed by atoms with Gasteiger partial charge in [-0.2, -0.15) is 0 Å². The summed E-state index contributed by atoms with van der Waals surface area (Å²) < 4.78 is 2.70. The largest absolute Gasteiger partial charge is 0.311 e. The van der Waals surface area contributed by atoms with Crippen molar-refractivity contribution >= 4 is 106 Å². The molecule has 3 heterocycles. The monoisotopic (exact) mass is 1120 g/mol. The Kier molecular flexibility index (Phi) is 12.6. The molecule has 2 aliphatic carbocycles. The Morgan fingerprint density at radius 3 is 1.55 bits per heavy atom. The summed E-state index contributed by atoms with van der Waals surface area (Å²) in [5, 5.41) is 2.67. The van der Waals surface area contributed by atoms with E-state index in [2.05, 4.69) is 287 Å². The molecule has 2 aliphatic heterocycles. The van der Waals surface area contributed by atoms with Crippen molar-refractivity contribution in [1.29, 1.82) is 0 Å². The van der Waals surface area contributed by atoms with Gasteiger partial charge in [0.05, 0.1) is 5.69 Å². The molecule has 430 valence electrons. The van der Waals surface area contributed by atoms with E-state index in [4.69, 9.17) is 0 Å². The van der Waals surface area contributed by atoms with E-state index in [-0.39, 0.29) is 44.6 Å². The maximum absolute atomic E-state index is 2.74. The van der Waals surface area contributed by atoms with Crippen molar-refractivity contribution in [3.8, 4) is 0 Å². The third-order valence-electron chi connectivity index (χ3n) is 20.6. The average Bonchev–Trinajstić information content (AvgIpc) is 0.789. The highest BCUT2D eigenvalue weighted by molar-refractivity contribution is 7.26. The van der Waals surface area contributed by atoms with Crippen molar-refractivity contribution < 1.29 is 0 Å². The fourth-order valence-electron chi connectivity index (χ4n) is 15.4. The van der Waals surface area contributed by atoms with Gasteiger partial charge in [-0.15, -0.1) is 11.3 Å². The predicted molar refractivity (Wildman–Crippen MR) is 369 cm³/mol. The van der Waals surface area contributed by atoms with Crippen LogP contribution in [0.1, 0.15) is 199 Å². The Hall–Kier alpha value is -6.56. The van der Waals surface area contributed by atoms with E-state index < -0.39 is 0 Å². The molecule has 0 unspecified atom stereocenters. The lowest BCUT2D eigenvalue weighted by atomic mass is 9.33. The molecule has 0 saturated heterocycles. The Morgan fingerprint density at radius 1 is 0.440 bits per heavy atom. The number of anilines is 9. The zero-order valence-electron chi connectivity index (χ0n) is 54.4. The van der Waals surface area contributed by atoms with E-state index in [1.807, 2.05) is 11.3 Å². The maximum Gasteiger partial charge on any atom is 0.252 e. The number of aryl methyl sites for hydroxylation is 3. The van der Waals surface area contributed by atoms with Gasteiger partial charge >= 0.3 is 0 Å². The molecule has 0 amide bonds. The number of benzene rings is 8. The van der Waals surface area contributed by atoms with Crippen molar-refractivity contribution in [1.82, 2.24) is 0 Å². The van der Waals surface area contributed by atoms with E-state index >= 15 is 0 Å². The van der Waals surface area contributed by atoms with Gasteiger partial charge in [-0.05, 0) is 223 Å². The van der Waals surface area contributed by atoms with Crippen LogP contribution in [-0.2, 0) is 37.9 Å². The molecule has 0 radical (unpaired) electrons. The molecule has 13 rings (SSSR count). The van der Waals surface area contributed by atoms with Crippen LogP contribution in [-0.4, -0.2) is 6.71 Å². The first kappa shape index (κ1) is 56.6. The SMILES string of the molecule is Cc1cc2c3c(c1)N(c1ccc4c(sc5ccccc54)c1C(C)(C)C)c1cc(N(c4ccc(C(C)(C)C)cc4C)c4ccc(C(C)(C)C)cc4C)ccc1B3c1cc3c(cc1N2c1ccc2c(c1)C(C)(C)CCC2(C)C)C(C)(C)CCC3(C)C. The van der Waals surface area contributed by atoms with Crippen LogP contribution >= 0.6 is 11.3 Å². The summed E-state index contributed by atoms with van der Waals surface area (Å²) in [5.74, 6) is 0. The van der Waals surface area contributed by atoms with Crippen molar-refractivity contribution in [2.24, 2.45) is 0 Å². The molecule has 84 heavy (non-hydrogen) atoms. The van der Waals surface area contributed by atoms with Crippen LogP contribution < -0.4 is 31.1 Å². The summed E-state index contributed by atoms with van der Waals surface area (Å²) in [6.07, 6.45) is 4.67. The summed E-state index contributed by atoms with van der Waals surface area (Å²) in [5.41, 5.74) is 29.1. The van der Waals surface area contributed by atoms with Gasteiger partial charge in [-0.1, -0.05) is 184 Å². The lowest BCUT2D eigenvalue weighted by Crippen LogP contribution is -2.62. The van der Waals surface area contributed by atoms with Gasteiger partial charge < -0.3 is 14.7 Å². The second-order valence-electron chi connectivity index (χ2n) is 31.8. The van der Waals surface area contributed by atoms with Crippen molar-refractivity contribution in [3.05, 3.63) is 189 Å². The fourth-order valence-corrected chi connectivity index (χ4v) is 16.9. The van der Waals surface area contributed by atoms with Crippen LogP contribution in [0.5, 0.6) is 0 Å². The average molecular weight is 1120 g/mol. The molecule has 0 fully saturated rings. The molecule has 0 atom stereocenters. The van der Waals surface area contributed by atoms with Gasteiger partial charge in [0.25, 0.3) is 6.71 Å². The van der Waals surface area contributed by atoms with Gasteiger partial charge in [-0.3, -0.25) is 0 Å². The number of nitrogens with zero attached hydrogens (tertiary/aromatic N) is 3. The summed E-state index contributed by atoms with van der Waals surface area (Å²) in [4.78, 5) is 8.04. The van der Waals surface area contributed by atoms with Crippen molar-refractivity contribution in [2.75, 3.05) is 14.7 Å². The Labute approximate surface area is 508 Å². The molecule has 1 aromatic heterocycles. The zero-order chi connectivity index (χ0) is 59.9. The molecule has 0 spiro atoms. The minimum Gasteiger partial charge on any atom is -0.311 e. The Balaban J connectivity index is 1.16. The first-order chi connectivity index (χ1) is 39.2. The van der Waals surface area contributed by atoms with Crippen molar-refractivity contribution in [2.45, 2.75) is 202 Å². The van der Waals surface area contributed by atoms with E-state index in [0.717, 1.165) is 18.5 Å². The van der Waals surface area contributed by atoms with Crippen LogP contribution in [0, 0.1) is 20.8 Å². The Bertz CT molecular complexity index is 4150. The molecule has 9 aromatic rings. The second kappa shape index (κ2) is 18.7. The molecule has 3 nitrogen and oxygen atoms in total. The normalized spacial score (nSPS) is 17.4. The first-order valence-electron chi connectivity index (χ1n) is 31.5. The number of hydrogen-bond acceptors (Lipinski definition) is 4. The van der Waals surface area contributed by atoms with Crippen LogP contribution in [0.3, 0.4) is 0 Å². The maximum atomic E-state index is 2.74. The standard InChI is InChI=1S/C79H90BN3S/c1-47-39-67-71-68(40-47)83(64-34-29-55-54-23-21-22-24-69(54)84-72(55)70(64)75(10,11)12)65-44-53(81(62-32-25-50(41-48(62)2)73(4,5)6)63-33-26-51(42-49(63)3)74(7,8)9)28-31-60(65)80(71)61-45-58-59(79(19,20)38-37-78(58,17)18)46-66(61)82(67)52-27-30-56-57(43-52)77(15,16)36-35-76(56,13)14/h21-34,39-46H,35-38H2,1-20H3. The van der Waals surface area contributed by atoms with Crippen LogP contribution in [0.4, 0.5) is 51.2 Å². The molecule has 4 aliphatic rings. The summed E-state index contributed by atoms with van der Waals surface area (Å²) >= 11 is 1.96. The summed E-state index contributed by atoms with van der Waals surface area (Å²) in [6.45, 7) is 48.1. The minimum absolute atomic E-state index is 0.0124.